The Kier molecular flexibility index (Phi) is 6.77. The molecular formula is C25H28ClNO. The third kappa shape index (κ3) is 4.40. The second-order valence-corrected chi connectivity index (χ2v) is 7.43. The second kappa shape index (κ2) is 9.27. The Labute approximate surface area is 174 Å². The van der Waals surface area contributed by atoms with Crippen LogP contribution in [0.15, 0.2) is 72.8 Å². The number of hydrogen-bond acceptors (Lipinski definition) is 2. The normalized spacial score (nSPS) is 18.1. The molecule has 3 heteroatoms. The van der Waals surface area contributed by atoms with Gasteiger partial charge in [-0.3, -0.25) is 0 Å². The minimum Gasteiger partial charge on any atom is -0.489 e. The van der Waals surface area contributed by atoms with Crippen LogP contribution in [0.3, 0.4) is 0 Å². The summed E-state index contributed by atoms with van der Waals surface area (Å²) in [6, 6.07) is 26.3. The van der Waals surface area contributed by atoms with Crippen LogP contribution in [0, 0.1) is 0 Å². The third-order valence-corrected chi connectivity index (χ3v) is 5.77. The van der Waals surface area contributed by atoms with Gasteiger partial charge < -0.3 is 10.1 Å². The predicted octanol–water partition coefficient (Wildman–Crippen LogP) is 5.99. The Balaban J connectivity index is 0.00000225. The molecule has 0 aromatic heterocycles. The molecule has 3 aromatic carbocycles. The molecular weight excluding hydrogens is 366 g/mol. The van der Waals surface area contributed by atoms with Crippen molar-refractivity contribution in [1.82, 2.24) is 5.32 Å². The summed E-state index contributed by atoms with van der Waals surface area (Å²) in [5.41, 5.74) is 6.57. The Morgan fingerprint density at radius 2 is 1.64 bits per heavy atom. The van der Waals surface area contributed by atoms with Crippen LogP contribution in [-0.4, -0.2) is 13.1 Å². The summed E-state index contributed by atoms with van der Waals surface area (Å²) in [7, 11) is 2.06. The van der Waals surface area contributed by atoms with Crippen LogP contribution in [-0.2, 0) is 13.0 Å². The number of fused-ring (bicyclic) bond motifs is 1. The molecule has 0 fully saturated rings. The largest absolute Gasteiger partial charge is 0.489 e. The molecule has 2 unspecified atom stereocenters. The topological polar surface area (TPSA) is 21.3 Å². The van der Waals surface area contributed by atoms with Crippen LogP contribution in [0.5, 0.6) is 5.75 Å². The number of hydrogen-bond donors (Lipinski definition) is 1. The van der Waals surface area contributed by atoms with Crippen molar-refractivity contribution in [2.24, 2.45) is 0 Å². The highest BCUT2D eigenvalue weighted by Crippen LogP contribution is 2.33. The first-order valence-corrected chi connectivity index (χ1v) is 9.82. The smallest absolute Gasteiger partial charge is 0.120 e. The predicted molar refractivity (Wildman–Crippen MR) is 119 cm³/mol. The van der Waals surface area contributed by atoms with Crippen molar-refractivity contribution < 1.29 is 4.74 Å². The minimum absolute atomic E-state index is 0. The number of benzene rings is 3. The van der Waals surface area contributed by atoms with Crippen molar-refractivity contribution in [2.75, 3.05) is 7.05 Å². The molecule has 1 N–H and O–H groups in total. The fraction of sp³-hybridized carbons (Fsp3) is 0.280. The fourth-order valence-corrected chi connectivity index (χ4v) is 4.10. The summed E-state index contributed by atoms with van der Waals surface area (Å²) >= 11 is 0. The van der Waals surface area contributed by atoms with Gasteiger partial charge in [0, 0.05) is 6.04 Å². The van der Waals surface area contributed by atoms with E-state index in [0.29, 0.717) is 18.6 Å². The van der Waals surface area contributed by atoms with E-state index in [1.807, 2.05) is 6.07 Å². The van der Waals surface area contributed by atoms with Gasteiger partial charge in [0.2, 0.25) is 0 Å². The highest BCUT2D eigenvalue weighted by atomic mass is 35.5. The van der Waals surface area contributed by atoms with Gasteiger partial charge in [-0.05, 0) is 65.8 Å². The Hall–Kier alpha value is -2.29. The number of nitrogens with one attached hydrogen (secondary N) is 1. The van der Waals surface area contributed by atoms with Gasteiger partial charge in [0.15, 0.2) is 0 Å². The van der Waals surface area contributed by atoms with Gasteiger partial charge in [-0.1, -0.05) is 67.6 Å². The van der Waals surface area contributed by atoms with Crippen LogP contribution in [0.2, 0.25) is 0 Å². The summed E-state index contributed by atoms with van der Waals surface area (Å²) in [6.45, 7) is 2.91. The maximum Gasteiger partial charge on any atom is 0.120 e. The summed E-state index contributed by atoms with van der Waals surface area (Å²) in [5.74, 6) is 1.52. The van der Waals surface area contributed by atoms with Gasteiger partial charge in [-0.15, -0.1) is 12.4 Å². The number of likely N-dealkylation sites (N-methyl/N-ethyl adjacent to an activating group) is 1. The van der Waals surface area contributed by atoms with E-state index in [1.165, 1.54) is 34.2 Å². The lowest BCUT2D eigenvalue weighted by molar-refractivity contribution is 0.305. The molecule has 3 aromatic rings. The number of aryl methyl sites for hydroxylation is 1. The van der Waals surface area contributed by atoms with E-state index >= 15 is 0 Å². The van der Waals surface area contributed by atoms with E-state index in [9.17, 15) is 0 Å². The van der Waals surface area contributed by atoms with Gasteiger partial charge in [0.25, 0.3) is 0 Å². The minimum atomic E-state index is 0. The first kappa shape index (κ1) is 20.4. The molecule has 0 amide bonds. The van der Waals surface area contributed by atoms with E-state index in [2.05, 4.69) is 86.0 Å². The van der Waals surface area contributed by atoms with Gasteiger partial charge in [0.05, 0.1) is 0 Å². The lowest BCUT2D eigenvalue weighted by atomic mass is 9.80. The summed E-state index contributed by atoms with van der Waals surface area (Å²) in [5, 5.41) is 3.44. The number of halogens is 1. The zero-order chi connectivity index (χ0) is 18.6. The average Bonchev–Trinajstić information content (AvgIpc) is 2.73. The summed E-state index contributed by atoms with van der Waals surface area (Å²) in [4.78, 5) is 0. The first-order valence-electron chi connectivity index (χ1n) is 9.82. The maximum absolute atomic E-state index is 6.08. The highest BCUT2D eigenvalue weighted by Gasteiger charge is 2.25. The van der Waals surface area contributed by atoms with Crippen molar-refractivity contribution in [3.63, 3.8) is 0 Å². The molecule has 1 aliphatic carbocycles. The Bertz CT molecular complexity index is 892. The molecule has 1 aliphatic rings. The van der Waals surface area contributed by atoms with E-state index in [1.54, 1.807) is 0 Å². The molecule has 0 bridgehead atoms. The molecule has 0 heterocycles. The monoisotopic (exact) mass is 393 g/mol. The van der Waals surface area contributed by atoms with E-state index < -0.39 is 0 Å². The van der Waals surface area contributed by atoms with Crippen LogP contribution in [0.1, 0.15) is 36.0 Å². The molecule has 0 radical (unpaired) electrons. The molecule has 28 heavy (non-hydrogen) atoms. The lowest BCUT2D eigenvalue weighted by Crippen LogP contribution is -2.34. The fourth-order valence-electron chi connectivity index (χ4n) is 4.10. The molecule has 0 aliphatic heterocycles. The molecule has 0 saturated heterocycles. The molecule has 0 spiro atoms. The maximum atomic E-state index is 6.08. The number of rotatable bonds is 5. The molecule has 0 saturated carbocycles. The van der Waals surface area contributed by atoms with Crippen LogP contribution >= 0.6 is 12.4 Å². The van der Waals surface area contributed by atoms with E-state index in [-0.39, 0.29) is 12.4 Å². The van der Waals surface area contributed by atoms with E-state index in [4.69, 9.17) is 4.74 Å². The highest BCUT2D eigenvalue weighted by molar-refractivity contribution is 5.85. The van der Waals surface area contributed by atoms with Crippen molar-refractivity contribution in [3.05, 3.63) is 89.5 Å². The lowest BCUT2D eigenvalue weighted by Gasteiger charge is -2.31. The Morgan fingerprint density at radius 1 is 0.929 bits per heavy atom. The summed E-state index contributed by atoms with van der Waals surface area (Å²) in [6.07, 6.45) is 2.31. The van der Waals surface area contributed by atoms with Crippen molar-refractivity contribution >= 4 is 12.4 Å². The van der Waals surface area contributed by atoms with E-state index in [0.717, 1.165) is 12.2 Å². The zero-order valence-corrected chi connectivity index (χ0v) is 17.3. The second-order valence-electron chi connectivity index (χ2n) is 7.43. The standard InChI is InChI=1S/C25H27NO.ClH/c1-18-24-14-13-23(16-22(24)12-15-25(18)26-2)27-17-19-8-10-21(11-9-19)20-6-4-3-5-7-20;/h3-11,13-14,16,18,25-26H,12,15,17H2,1-2H3;1H. The molecule has 4 rings (SSSR count). The quantitative estimate of drug-likeness (QED) is 0.574. The van der Waals surface area contributed by atoms with Crippen LogP contribution in [0.4, 0.5) is 0 Å². The molecule has 146 valence electrons. The van der Waals surface area contributed by atoms with Crippen LogP contribution < -0.4 is 10.1 Å². The van der Waals surface area contributed by atoms with Gasteiger partial charge in [-0.25, -0.2) is 0 Å². The van der Waals surface area contributed by atoms with Gasteiger partial charge >= 0.3 is 0 Å². The Morgan fingerprint density at radius 3 is 2.36 bits per heavy atom. The zero-order valence-electron chi connectivity index (χ0n) is 16.5. The molecule has 2 atom stereocenters. The summed E-state index contributed by atoms with van der Waals surface area (Å²) < 4.78 is 6.08. The van der Waals surface area contributed by atoms with Crippen molar-refractivity contribution in [2.45, 2.75) is 38.3 Å². The average molecular weight is 394 g/mol. The van der Waals surface area contributed by atoms with Gasteiger partial charge in [0.1, 0.15) is 12.4 Å². The van der Waals surface area contributed by atoms with Crippen LogP contribution in [0.25, 0.3) is 11.1 Å². The van der Waals surface area contributed by atoms with Crippen molar-refractivity contribution in [1.29, 1.82) is 0 Å². The third-order valence-electron chi connectivity index (χ3n) is 5.77. The molecule has 2 nitrogen and oxygen atoms in total. The van der Waals surface area contributed by atoms with Gasteiger partial charge in [-0.2, -0.15) is 0 Å². The number of ether oxygens (including phenoxy) is 1. The first-order chi connectivity index (χ1) is 13.2. The van der Waals surface area contributed by atoms with Crippen molar-refractivity contribution in [3.8, 4) is 16.9 Å². The SMILES string of the molecule is CNC1CCc2cc(OCc3ccc(-c4ccccc4)cc3)ccc2C1C.Cl.